The second kappa shape index (κ2) is 7.47. The van der Waals surface area contributed by atoms with Crippen molar-refractivity contribution in [2.45, 2.75) is 64.1 Å². The van der Waals surface area contributed by atoms with Crippen LogP contribution in [-0.4, -0.2) is 52.3 Å². The van der Waals surface area contributed by atoms with Gasteiger partial charge in [0.25, 0.3) is 0 Å². The van der Waals surface area contributed by atoms with Crippen LogP contribution in [0, 0.1) is 5.92 Å². The Morgan fingerprint density at radius 3 is 2.25 bits per heavy atom. The Labute approximate surface area is 120 Å². The third kappa shape index (κ3) is 4.37. The lowest BCUT2D eigenvalue weighted by Crippen LogP contribution is -2.53. The average Bonchev–Trinajstić information content (AvgIpc) is 2.43. The molecular formula is C14H26N2O4. The highest BCUT2D eigenvalue weighted by molar-refractivity contribution is 5.83. The van der Waals surface area contributed by atoms with Crippen LogP contribution in [-0.2, 0) is 4.79 Å². The van der Waals surface area contributed by atoms with Crippen molar-refractivity contribution in [1.82, 2.24) is 10.2 Å². The van der Waals surface area contributed by atoms with Crippen molar-refractivity contribution in [3.05, 3.63) is 0 Å². The second-order valence-corrected chi connectivity index (χ2v) is 5.70. The molecule has 1 fully saturated rings. The number of nitrogens with one attached hydrogen (secondary N) is 1. The summed E-state index contributed by atoms with van der Waals surface area (Å²) in [6.07, 6.45) is 4.17. The number of carboxylic acid groups (broad SMARTS) is 1. The summed E-state index contributed by atoms with van der Waals surface area (Å²) in [4.78, 5) is 24.6. The topological polar surface area (TPSA) is 89.9 Å². The molecule has 0 saturated heterocycles. The Hall–Kier alpha value is -1.30. The van der Waals surface area contributed by atoms with Gasteiger partial charge in [-0.3, -0.25) is 0 Å². The van der Waals surface area contributed by atoms with E-state index in [1.54, 1.807) is 11.9 Å². The largest absolute Gasteiger partial charge is 0.480 e. The molecule has 0 bridgehead atoms. The van der Waals surface area contributed by atoms with Crippen molar-refractivity contribution in [3.8, 4) is 0 Å². The SMILES string of the molecule is CCC1CCC(N(C)C(=O)N[C@H](C(=O)O)[C@@H](C)O)CC1. The Bertz CT molecular complexity index is 338. The van der Waals surface area contributed by atoms with E-state index in [0.29, 0.717) is 0 Å². The highest BCUT2D eigenvalue weighted by Gasteiger charge is 2.30. The van der Waals surface area contributed by atoms with Gasteiger partial charge in [-0.25, -0.2) is 9.59 Å². The number of aliphatic hydroxyl groups excluding tert-OH is 1. The Balaban J connectivity index is 2.52. The number of rotatable bonds is 5. The van der Waals surface area contributed by atoms with E-state index in [1.807, 2.05) is 0 Å². The number of aliphatic carboxylic acids is 1. The molecule has 0 aliphatic heterocycles. The van der Waals surface area contributed by atoms with Crippen LogP contribution in [0.3, 0.4) is 0 Å². The van der Waals surface area contributed by atoms with Gasteiger partial charge in [0.2, 0.25) is 0 Å². The van der Waals surface area contributed by atoms with Gasteiger partial charge >= 0.3 is 12.0 Å². The summed E-state index contributed by atoms with van der Waals surface area (Å²) in [5.74, 6) is -0.483. The molecule has 0 spiro atoms. The minimum atomic E-state index is -1.27. The number of carboxylic acids is 1. The van der Waals surface area contributed by atoms with E-state index >= 15 is 0 Å². The van der Waals surface area contributed by atoms with E-state index in [2.05, 4.69) is 12.2 Å². The zero-order chi connectivity index (χ0) is 15.3. The third-order valence-corrected chi connectivity index (χ3v) is 4.29. The first-order chi connectivity index (χ1) is 9.36. The van der Waals surface area contributed by atoms with Crippen LogP contribution in [0.25, 0.3) is 0 Å². The standard InChI is InChI=1S/C14H26N2O4/c1-4-10-5-7-11(8-6-10)16(3)14(20)15-12(9(2)17)13(18)19/h9-12,17H,4-8H2,1-3H3,(H,15,20)(H,18,19)/t9-,10?,11?,12+/m1/s1. The molecule has 0 aromatic carbocycles. The predicted molar refractivity (Wildman–Crippen MR) is 75.4 cm³/mol. The molecule has 0 unspecified atom stereocenters. The molecule has 1 aliphatic rings. The van der Waals surface area contributed by atoms with Crippen molar-refractivity contribution >= 4 is 12.0 Å². The fourth-order valence-corrected chi connectivity index (χ4v) is 2.73. The molecule has 20 heavy (non-hydrogen) atoms. The molecule has 0 aromatic heterocycles. The number of nitrogens with zero attached hydrogens (tertiary/aromatic N) is 1. The number of carbonyl (C=O) groups is 2. The number of carbonyl (C=O) groups excluding carboxylic acids is 1. The summed E-state index contributed by atoms with van der Waals surface area (Å²) >= 11 is 0. The van der Waals surface area contributed by atoms with Gasteiger partial charge in [-0.1, -0.05) is 13.3 Å². The van der Waals surface area contributed by atoms with Gasteiger partial charge < -0.3 is 20.4 Å². The number of urea groups is 1. The molecular weight excluding hydrogens is 260 g/mol. The van der Waals surface area contributed by atoms with Crippen molar-refractivity contribution in [2.75, 3.05) is 7.05 Å². The average molecular weight is 286 g/mol. The lowest BCUT2D eigenvalue weighted by atomic mass is 9.84. The van der Waals surface area contributed by atoms with E-state index in [0.717, 1.165) is 31.6 Å². The summed E-state index contributed by atoms with van der Waals surface area (Å²) in [6, 6.07) is -1.54. The maximum absolute atomic E-state index is 12.1. The summed E-state index contributed by atoms with van der Waals surface area (Å²) in [6.45, 7) is 3.53. The van der Waals surface area contributed by atoms with Gasteiger partial charge in [0.05, 0.1) is 6.10 Å². The monoisotopic (exact) mass is 286 g/mol. The summed E-state index contributed by atoms with van der Waals surface area (Å²) in [7, 11) is 1.69. The summed E-state index contributed by atoms with van der Waals surface area (Å²) in [5.41, 5.74) is 0. The van der Waals surface area contributed by atoms with Gasteiger partial charge in [-0.05, 0) is 38.5 Å². The highest BCUT2D eigenvalue weighted by Crippen LogP contribution is 2.28. The maximum atomic E-state index is 12.1. The fourth-order valence-electron chi connectivity index (χ4n) is 2.73. The molecule has 2 atom stereocenters. The van der Waals surface area contributed by atoms with E-state index < -0.39 is 24.1 Å². The second-order valence-electron chi connectivity index (χ2n) is 5.70. The van der Waals surface area contributed by atoms with E-state index in [9.17, 15) is 14.7 Å². The molecule has 3 N–H and O–H groups in total. The van der Waals surface area contributed by atoms with Crippen LogP contribution in [0.2, 0.25) is 0 Å². The molecule has 1 saturated carbocycles. The fraction of sp³-hybridized carbons (Fsp3) is 0.857. The molecule has 0 radical (unpaired) electrons. The van der Waals surface area contributed by atoms with Gasteiger partial charge in [-0.15, -0.1) is 0 Å². The quantitative estimate of drug-likeness (QED) is 0.713. The normalized spacial score (nSPS) is 25.6. The van der Waals surface area contributed by atoms with Crippen LogP contribution < -0.4 is 5.32 Å². The lowest BCUT2D eigenvalue weighted by Gasteiger charge is -2.35. The van der Waals surface area contributed by atoms with E-state index in [4.69, 9.17) is 5.11 Å². The molecule has 0 aromatic rings. The van der Waals surface area contributed by atoms with E-state index in [-0.39, 0.29) is 6.04 Å². The number of aliphatic hydroxyl groups is 1. The minimum Gasteiger partial charge on any atom is -0.480 e. The smallest absolute Gasteiger partial charge is 0.328 e. The van der Waals surface area contributed by atoms with Crippen LogP contribution in [0.5, 0.6) is 0 Å². The molecule has 0 heterocycles. The summed E-state index contributed by atoms with van der Waals surface area (Å²) < 4.78 is 0. The van der Waals surface area contributed by atoms with Crippen LogP contribution in [0.1, 0.15) is 46.0 Å². The lowest BCUT2D eigenvalue weighted by molar-refractivity contribution is -0.141. The molecule has 116 valence electrons. The van der Waals surface area contributed by atoms with Gasteiger partial charge in [0, 0.05) is 13.1 Å². The van der Waals surface area contributed by atoms with Crippen LogP contribution >= 0.6 is 0 Å². The Morgan fingerprint density at radius 1 is 1.30 bits per heavy atom. The number of amides is 2. The van der Waals surface area contributed by atoms with Gasteiger partial charge in [0.1, 0.15) is 0 Å². The van der Waals surface area contributed by atoms with E-state index in [1.165, 1.54) is 13.3 Å². The van der Waals surface area contributed by atoms with Crippen molar-refractivity contribution in [1.29, 1.82) is 0 Å². The predicted octanol–water partition coefficient (Wildman–Crippen LogP) is 1.43. The molecule has 6 nitrogen and oxygen atoms in total. The summed E-state index contributed by atoms with van der Waals surface area (Å²) in [5, 5.41) is 20.7. The Morgan fingerprint density at radius 2 is 1.85 bits per heavy atom. The zero-order valence-corrected chi connectivity index (χ0v) is 12.5. The van der Waals surface area contributed by atoms with Crippen molar-refractivity contribution in [2.24, 2.45) is 5.92 Å². The minimum absolute atomic E-state index is 0.154. The highest BCUT2D eigenvalue weighted by atomic mass is 16.4. The maximum Gasteiger partial charge on any atom is 0.328 e. The van der Waals surface area contributed by atoms with Crippen LogP contribution in [0.4, 0.5) is 4.79 Å². The van der Waals surface area contributed by atoms with Gasteiger partial charge in [-0.2, -0.15) is 0 Å². The first kappa shape index (κ1) is 16.8. The molecule has 6 heteroatoms. The molecule has 1 rings (SSSR count). The van der Waals surface area contributed by atoms with Gasteiger partial charge in [0.15, 0.2) is 6.04 Å². The van der Waals surface area contributed by atoms with Crippen molar-refractivity contribution in [3.63, 3.8) is 0 Å². The third-order valence-electron chi connectivity index (χ3n) is 4.29. The number of hydrogen-bond acceptors (Lipinski definition) is 3. The number of hydrogen-bond donors (Lipinski definition) is 3. The van der Waals surface area contributed by atoms with Crippen LogP contribution in [0.15, 0.2) is 0 Å². The zero-order valence-electron chi connectivity index (χ0n) is 12.5. The molecule has 1 aliphatic carbocycles. The Kier molecular flexibility index (Phi) is 6.26. The first-order valence-corrected chi connectivity index (χ1v) is 7.31. The molecule has 2 amide bonds. The van der Waals surface area contributed by atoms with Crippen molar-refractivity contribution < 1.29 is 19.8 Å². The first-order valence-electron chi connectivity index (χ1n) is 7.31.